The third-order valence-electron chi connectivity index (χ3n) is 5.52. The Balaban J connectivity index is 1.51. The molecule has 3 aliphatic rings. The lowest BCUT2D eigenvalue weighted by Crippen LogP contribution is -2.39. The van der Waals surface area contributed by atoms with Crippen LogP contribution >= 0.6 is 0 Å². The third-order valence-corrected chi connectivity index (χ3v) is 5.52. The molecule has 186 valence electrons. The second-order valence-electron chi connectivity index (χ2n) is 7.96. The van der Waals surface area contributed by atoms with E-state index < -0.39 is 47.3 Å². The van der Waals surface area contributed by atoms with E-state index in [-0.39, 0.29) is 64.7 Å². The van der Waals surface area contributed by atoms with Gasteiger partial charge in [-0.25, -0.2) is 4.79 Å². The first-order valence-electron chi connectivity index (χ1n) is 11.1. The molecule has 3 rings (SSSR count). The van der Waals surface area contributed by atoms with Crippen LogP contribution in [0.1, 0.15) is 38.5 Å². The molecule has 0 atom stereocenters. The number of amides is 7. The normalized spacial score (nSPS) is 17.4. The summed E-state index contributed by atoms with van der Waals surface area (Å²) in [6, 6.07) is 0. The number of hydrogen-bond acceptors (Lipinski definition) is 9. The zero-order chi connectivity index (χ0) is 25.5. The average Bonchev–Trinajstić information content (AvgIpc) is 3.44. The molecule has 0 aromatic carbocycles. The van der Waals surface area contributed by atoms with Crippen LogP contribution in [0.15, 0.2) is 24.3 Å². The number of hydroxylamine groups is 2. The molecule has 3 aliphatic heterocycles. The summed E-state index contributed by atoms with van der Waals surface area (Å²) in [7, 11) is 0. The highest BCUT2D eigenvalue weighted by Gasteiger charge is 2.33. The maximum atomic E-state index is 12.8. The maximum absolute atomic E-state index is 12.8. The van der Waals surface area contributed by atoms with Crippen molar-refractivity contribution in [3.05, 3.63) is 24.3 Å². The number of hydrogen-bond donors (Lipinski definition) is 0. The quantitative estimate of drug-likeness (QED) is 0.309. The van der Waals surface area contributed by atoms with Gasteiger partial charge in [0.25, 0.3) is 35.4 Å². The zero-order valence-corrected chi connectivity index (χ0v) is 18.8. The van der Waals surface area contributed by atoms with Gasteiger partial charge in [-0.15, -0.1) is 5.06 Å². The molecule has 1 saturated heterocycles. The van der Waals surface area contributed by atoms with Gasteiger partial charge < -0.3 is 9.74 Å². The first-order valence-corrected chi connectivity index (χ1v) is 11.1. The van der Waals surface area contributed by atoms with Gasteiger partial charge in [0.1, 0.15) is 0 Å². The van der Waals surface area contributed by atoms with Gasteiger partial charge in [-0.3, -0.25) is 43.4 Å². The number of nitrogens with zero attached hydrogens (tertiary/aromatic N) is 4. The lowest BCUT2D eigenvalue weighted by atomic mass is 10.2. The average molecular weight is 488 g/mol. The fourth-order valence-electron chi connectivity index (χ4n) is 3.68. The molecule has 0 bridgehead atoms. The van der Waals surface area contributed by atoms with Crippen molar-refractivity contribution >= 4 is 47.3 Å². The van der Waals surface area contributed by atoms with E-state index in [4.69, 9.17) is 4.84 Å². The van der Waals surface area contributed by atoms with Crippen LogP contribution in [0, 0.1) is 0 Å². The van der Waals surface area contributed by atoms with Gasteiger partial charge in [0.15, 0.2) is 0 Å². The van der Waals surface area contributed by atoms with E-state index in [2.05, 4.69) is 0 Å². The van der Waals surface area contributed by atoms with Crippen LogP contribution in [-0.2, 0) is 43.2 Å². The highest BCUT2D eigenvalue weighted by atomic mass is 16.7. The van der Waals surface area contributed by atoms with E-state index in [1.165, 1.54) is 4.90 Å². The fraction of sp³-hybridized carbons (Fsp3) is 0.455. The summed E-state index contributed by atoms with van der Waals surface area (Å²) in [5.41, 5.74) is 0. The Morgan fingerprint density at radius 2 is 1.14 bits per heavy atom. The van der Waals surface area contributed by atoms with Crippen molar-refractivity contribution in [3.63, 3.8) is 0 Å². The van der Waals surface area contributed by atoms with Crippen molar-refractivity contribution < 1.29 is 43.2 Å². The van der Waals surface area contributed by atoms with Crippen LogP contribution in [0.3, 0.4) is 0 Å². The van der Waals surface area contributed by atoms with Crippen molar-refractivity contribution in [3.8, 4) is 0 Å². The molecule has 0 saturated carbocycles. The standard InChI is InChI=1S/C22H24N4O9/c27-15(9-10-22(34)35-26-20(32)7-8-21(26)33)23(11-1-13-24-16(28)3-4-17(24)29)12-2-14-25-18(30)5-6-19(25)31/h3-6H,1-2,7-14H2. The summed E-state index contributed by atoms with van der Waals surface area (Å²) >= 11 is 0. The van der Waals surface area contributed by atoms with E-state index in [0.717, 1.165) is 34.1 Å². The van der Waals surface area contributed by atoms with E-state index in [0.29, 0.717) is 5.06 Å². The molecule has 0 spiro atoms. The van der Waals surface area contributed by atoms with Crippen molar-refractivity contribution in [1.29, 1.82) is 0 Å². The highest BCUT2D eigenvalue weighted by Crippen LogP contribution is 2.14. The molecule has 3 heterocycles. The maximum Gasteiger partial charge on any atom is 0.333 e. The second-order valence-corrected chi connectivity index (χ2v) is 7.96. The van der Waals surface area contributed by atoms with Crippen molar-refractivity contribution in [2.45, 2.75) is 38.5 Å². The summed E-state index contributed by atoms with van der Waals surface area (Å²) in [6.45, 7) is 0.466. The fourth-order valence-corrected chi connectivity index (χ4v) is 3.68. The van der Waals surface area contributed by atoms with E-state index in [1.807, 2.05) is 0 Å². The summed E-state index contributed by atoms with van der Waals surface area (Å²) in [5, 5.41) is 0.404. The molecule has 0 aliphatic carbocycles. The Morgan fingerprint density at radius 1 is 0.714 bits per heavy atom. The lowest BCUT2D eigenvalue weighted by molar-refractivity contribution is -0.197. The van der Waals surface area contributed by atoms with Gasteiger partial charge in [0.05, 0.1) is 6.42 Å². The molecule has 0 aromatic rings. The third kappa shape index (κ3) is 6.46. The first kappa shape index (κ1) is 25.5. The predicted octanol–water partition coefficient (Wildman–Crippen LogP) is -1.17. The summed E-state index contributed by atoms with van der Waals surface area (Å²) in [6.07, 6.45) is 4.42. The van der Waals surface area contributed by atoms with Gasteiger partial charge in [0, 0.05) is 69.7 Å². The Kier molecular flexibility index (Phi) is 8.23. The minimum atomic E-state index is -0.916. The molecular formula is C22H24N4O9. The van der Waals surface area contributed by atoms with Crippen LogP contribution in [-0.4, -0.2) is 93.3 Å². The van der Waals surface area contributed by atoms with E-state index >= 15 is 0 Å². The predicted molar refractivity (Wildman–Crippen MR) is 114 cm³/mol. The van der Waals surface area contributed by atoms with Gasteiger partial charge in [-0.2, -0.15) is 0 Å². The van der Waals surface area contributed by atoms with Crippen LogP contribution in [0.4, 0.5) is 0 Å². The van der Waals surface area contributed by atoms with Crippen LogP contribution in [0.25, 0.3) is 0 Å². The smallest absolute Gasteiger partial charge is 0.333 e. The van der Waals surface area contributed by atoms with Crippen molar-refractivity contribution in [2.75, 3.05) is 26.2 Å². The molecular weight excluding hydrogens is 464 g/mol. The van der Waals surface area contributed by atoms with E-state index in [9.17, 15) is 38.4 Å². The Bertz CT molecular complexity index is 932. The minimum absolute atomic E-state index is 0.0477. The number of carbonyl (C=O) groups is 8. The number of rotatable bonds is 12. The highest BCUT2D eigenvalue weighted by molar-refractivity contribution is 6.13. The minimum Gasteiger partial charge on any atom is -0.343 e. The van der Waals surface area contributed by atoms with Gasteiger partial charge in [-0.1, -0.05) is 0 Å². The largest absolute Gasteiger partial charge is 0.343 e. The zero-order valence-electron chi connectivity index (χ0n) is 18.8. The van der Waals surface area contributed by atoms with Crippen molar-refractivity contribution in [2.24, 2.45) is 0 Å². The van der Waals surface area contributed by atoms with Crippen LogP contribution in [0.5, 0.6) is 0 Å². The molecule has 0 radical (unpaired) electrons. The van der Waals surface area contributed by atoms with Crippen molar-refractivity contribution in [1.82, 2.24) is 19.8 Å². The Morgan fingerprint density at radius 3 is 1.57 bits per heavy atom. The van der Waals surface area contributed by atoms with E-state index in [1.54, 1.807) is 0 Å². The van der Waals surface area contributed by atoms with Gasteiger partial charge in [-0.05, 0) is 12.8 Å². The van der Waals surface area contributed by atoms with Gasteiger partial charge in [0.2, 0.25) is 5.91 Å². The molecule has 13 heteroatoms. The molecule has 7 amide bonds. The Hall–Kier alpha value is -4.16. The Labute approximate surface area is 199 Å². The SMILES string of the molecule is O=C(CCC(=O)N(CCCN1C(=O)C=CC1=O)CCCN1C(=O)C=CC1=O)ON1C(=O)CCC1=O. The second kappa shape index (κ2) is 11.3. The monoisotopic (exact) mass is 488 g/mol. The molecule has 0 aromatic heterocycles. The number of imide groups is 3. The molecule has 35 heavy (non-hydrogen) atoms. The van der Waals surface area contributed by atoms with Crippen LogP contribution in [0.2, 0.25) is 0 Å². The summed E-state index contributed by atoms with van der Waals surface area (Å²) in [5.74, 6) is -4.40. The van der Waals surface area contributed by atoms with Gasteiger partial charge >= 0.3 is 5.97 Å². The molecule has 1 fully saturated rings. The topological polar surface area (TPSA) is 159 Å². The summed E-state index contributed by atoms with van der Waals surface area (Å²) in [4.78, 5) is 103. The summed E-state index contributed by atoms with van der Waals surface area (Å²) < 4.78 is 0. The van der Waals surface area contributed by atoms with Crippen LogP contribution < -0.4 is 0 Å². The molecule has 0 N–H and O–H groups in total. The number of carbonyl (C=O) groups excluding carboxylic acids is 8. The molecule has 13 nitrogen and oxygen atoms in total. The lowest BCUT2D eigenvalue weighted by Gasteiger charge is -2.25. The molecule has 0 unspecified atom stereocenters. The first-order chi connectivity index (χ1) is 16.7.